The predicted octanol–water partition coefficient (Wildman–Crippen LogP) is 3.35. The number of Topliss-reactive ketones (excluding diaryl/α,β-unsaturated/α-hetero) is 1. The Morgan fingerprint density at radius 2 is 1.82 bits per heavy atom. The van der Waals surface area contributed by atoms with Gasteiger partial charge in [0, 0.05) is 11.1 Å². The average molecular weight is 320 g/mol. The van der Waals surface area contributed by atoms with Gasteiger partial charge in [-0.1, -0.05) is 41.9 Å². The summed E-state index contributed by atoms with van der Waals surface area (Å²) < 4.78 is 20.3. The first-order valence-electron chi connectivity index (χ1n) is 6.47. The van der Waals surface area contributed by atoms with Gasteiger partial charge in [-0.3, -0.25) is 9.59 Å². The second kappa shape index (κ2) is 5.10. The molecule has 6 heteroatoms. The van der Waals surface area contributed by atoms with Crippen LogP contribution in [0, 0.1) is 0 Å². The number of hydrogen-bond donors (Lipinski definition) is 1. The Bertz CT molecular complexity index is 778. The molecule has 1 atom stereocenters. The summed E-state index contributed by atoms with van der Waals surface area (Å²) in [4.78, 5) is 24.8. The molecule has 1 aliphatic rings. The summed E-state index contributed by atoms with van der Waals surface area (Å²) in [6.45, 7) is 0. The number of amides is 1. The number of rotatable bonds is 2. The molecule has 2 aromatic rings. The van der Waals surface area contributed by atoms with Gasteiger partial charge in [0.2, 0.25) is 5.78 Å². The van der Waals surface area contributed by atoms with Crippen LogP contribution in [0.25, 0.3) is 0 Å². The molecule has 112 valence electrons. The standard InChI is InChI=1S/C16H11ClFNO3/c1-22-11-8-7-10-13(12(11)17)19-15(21)16(18,14(10)20)9-5-3-2-4-6-9/h2-8H,1H3,(H,19,21). The van der Waals surface area contributed by atoms with Crippen LogP contribution in [-0.4, -0.2) is 18.8 Å². The summed E-state index contributed by atoms with van der Waals surface area (Å²) in [5.74, 6) is -1.71. The lowest BCUT2D eigenvalue weighted by molar-refractivity contribution is -0.125. The number of fused-ring (bicyclic) bond motifs is 1. The monoisotopic (exact) mass is 319 g/mol. The summed E-state index contributed by atoms with van der Waals surface area (Å²) in [5.41, 5.74) is -2.71. The van der Waals surface area contributed by atoms with Gasteiger partial charge in [0.1, 0.15) is 10.8 Å². The minimum absolute atomic E-state index is 0.0109. The van der Waals surface area contributed by atoms with Crippen LogP contribution in [-0.2, 0) is 10.5 Å². The number of ketones is 1. The van der Waals surface area contributed by atoms with Crippen molar-refractivity contribution in [3.05, 3.63) is 58.6 Å². The van der Waals surface area contributed by atoms with Gasteiger partial charge in [-0.25, -0.2) is 4.39 Å². The fourth-order valence-corrected chi connectivity index (χ4v) is 2.73. The van der Waals surface area contributed by atoms with Gasteiger partial charge in [0.05, 0.1) is 12.8 Å². The van der Waals surface area contributed by atoms with Crippen molar-refractivity contribution in [1.29, 1.82) is 0 Å². The van der Waals surface area contributed by atoms with E-state index in [0.717, 1.165) is 0 Å². The Labute approximate surface area is 130 Å². The Morgan fingerprint density at radius 3 is 2.45 bits per heavy atom. The fraction of sp³-hybridized carbons (Fsp3) is 0.125. The van der Waals surface area contributed by atoms with Crippen LogP contribution in [0.15, 0.2) is 42.5 Å². The summed E-state index contributed by atoms with van der Waals surface area (Å²) in [6, 6.07) is 10.4. The van der Waals surface area contributed by atoms with E-state index in [4.69, 9.17) is 16.3 Å². The van der Waals surface area contributed by atoms with Gasteiger partial charge in [0.15, 0.2) is 0 Å². The maximum atomic E-state index is 15.2. The van der Waals surface area contributed by atoms with E-state index in [1.54, 1.807) is 18.2 Å². The smallest absolute Gasteiger partial charge is 0.275 e. The van der Waals surface area contributed by atoms with Gasteiger partial charge in [-0.05, 0) is 12.1 Å². The molecule has 0 saturated heterocycles. The zero-order valence-corrected chi connectivity index (χ0v) is 12.3. The maximum absolute atomic E-state index is 15.2. The van der Waals surface area contributed by atoms with Crippen molar-refractivity contribution < 1.29 is 18.7 Å². The molecule has 0 bridgehead atoms. The first kappa shape index (κ1) is 14.5. The van der Waals surface area contributed by atoms with E-state index in [2.05, 4.69) is 5.32 Å². The largest absolute Gasteiger partial charge is 0.495 e. The lowest BCUT2D eigenvalue weighted by Gasteiger charge is -2.30. The van der Waals surface area contributed by atoms with Gasteiger partial charge in [-0.2, -0.15) is 0 Å². The molecule has 1 aliphatic heterocycles. The molecule has 0 radical (unpaired) electrons. The van der Waals surface area contributed by atoms with Crippen molar-refractivity contribution in [3.8, 4) is 5.75 Å². The quantitative estimate of drug-likeness (QED) is 0.864. The molecule has 1 heterocycles. The van der Waals surface area contributed by atoms with E-state index in [-0.39, 0.29) is 21.8 Å². The summed E-state index contributed by atoms with van der Waals surface area (Å²) in [5, 5.41) is 2.44. The van der Waals surface area contributed by atoms with Crippen molar-refractivity contribution in [2.75, 3.05) is 12.4 Å². The SMILES string of the molecule is COc1ccc2c(c1Cl)NC(=O)C(F)(c1ccccc1)C2=O. The van der Waals surface area contributed by atoms with Gasteiger partial charge >= 0.3 is 0 Å². The van der Waals surface area contributed by atoms with E-state index >= 15 is 4.39 Å². The summed E-state index contributed by atoms with van der Waals surface area (Å²) in [7, 11) is 1.41. The third-order valence-electron chi connectivity index (χ3n) is 3.61. The molecule has 0 fully saturated rings. The van der Waals surface area contributed by atoms with Crippen molar-refractivity contribution in [2.24, 2.45) is 0 Å². The Balaban J connectivity index is 2.19. The number of benzene rings is 2. The Hall–Kier alpha value is -2.40. The summed E-state index contributed by atoms with van der Waals surface area (Å²) in [6.07, 6.45) is 0. The van der Waals surface area contributed by atoms with E-state index < -0.39 is 17.4 Å². The molecule has 22 heavy (non-hydrogen) atoms. The number of carbonyl (C=O) groups excluding carboxylic acids is 2. The highest BCUT2D eigenvalue weighted by atomic mass is 35.5. The second-order valence-corrected chi connectivity index (χ2v) is 5.19. The molecular formula is C16H11ClFNO3. The minimum Gasteiger partial charge on any atom is -0.495 e. The van der Waals surface area contributed by atoms with E-state index in [1.165, 1.54) is 31.4 Å². The number of hydrogen-bond acceptors (Lipinski definition) is 3. The number of carbonyl (C=O) groups is 2. The lowest BCUT2D eigenvalue weighted by Crippen LogP contribution is -2.47. The highest BCUT2D eigenvalue weighted by Crippen LogP contribution is 2.43. The molecule has 3 rings (SSSR count). The van der Waals surface area contributed by atoms with Crippen molar-refractivity contribution in [2.45, 2.75) is 5.67 Å². The number of anilines is 1. The third kappa shape index (κ3) is 1.89. The fourth-order valence-electron chi connectivity index (χ4n) is 2.44. The van der Waals surface area contributed by atoms with Crippen LogP contribution in [0.2, 0.25) is 5.02 Å². The molecule has 0 spiro atoms. The number of alkyl halides is 1. The molecular weight excluding hydrogens is 309 g/mol. The highest BCUT2D eigenvalue weighted by Gasteiger charge is 2.52. The summed E-state index contributed by atoms with van der Waals surface area (Å²) >= 11 is 6.08. The van der Waals surface area contributed by atoms with Crippen molar-refractivity contribution in [3.63, 3.8) is 0 Å². The minimum atomic E-state index is -2.77. The predicted molar refractivity (Wildman–Crippen MR) is 80.2 cm³/mol. The van der Waals surface area contributed by atoms with E-state index in [9.17, 15) is 9.59 Å². The van der Waals surface area contributed by atoms with Crippen molar-refractivity contribution >= 4 is 29.0 Å². The van der Waals surface area contributed by atoms with Gasteiger partial charge in [-0.15, -0.1) is 0 Å². The van der Waals surface area contributed by atoms with Crippen LogP contribution in [0.5, 0.6) is 5.75 Å². The highest BCUT2D eigenvalue weighted by molar-refractivity contribution is 6.38. The molecule has 1 amide bonds. The lowest BCUT2D eigenvalue weighted by atomic mass is 9.83. The molecule has 4 nitrogen and oxygen atoms in total. The number of methoxy groups -OCH3 is 1. The first-order chi connectivity index (χ1) is 10.5. The first-order valence-corrected chi connectivity index (χ1v) is 6.85. The van der Waals surface area contributed by atoms with E-state index in [1.807, 2.05) is 0 Å². The van der Waals surface area contributed by atoms with Crippen LogP contribution in [0.4, 0.5) is 10.1 Å². The van der Waals surface area contributed by atoms with E-state index in [0.29, 0.717) is 5.75 Å². The molecule has 0 saturated carbocycles. The van der Waals surface area contributed by atoms with Crippen LogP contribution in [0.3, 0.4) is 0 Å². The van der Waals surface area contributed by atoms with Crippen molar-refractivity contribution in [1.82, 2.24) is 0 Å². The van der Waals surface area contributed by atoms with Crippen LogP contribution < -0.4 is 10.1 Å². The number of halogens is 2. The second-order valence-electron chi connectivity index (χ2n) is 4.81. The zero-order chi connectivity index (χ0) is 15.9. The molecule has 0 aliphatic carbocycles. The van der Waals surface area contributed by atoms with Crippen LogP contribution in [0.1, 0.15) is 15.9 Å². The molecule has 2 aromatic carbocycles. The molecule has 0 aromatic heterocycles. The van der Waals surface area contributed by atoms with Crippen LogP contribution >= 0.6 is 11.6 Å². The Kier molecular flexibility index (Phi) is 3.37. The normalized spacial score (nSPS) is 20.3. The third-order valence-corrected chi connectivity index (χ3v) is 3.98. The molecule has 1 N–H and O–H groups in total. The zero-order valence-electron chi connectivity index (χ0n) is 11.5. The van der Waals surface area contributed by atoms with Gasteiger partial charge < -0.3 is 10.1 Å². The number of nitrogens with one attached hydrogen (secondary N) is 1. The molecule has 1 unspecified atom stereocenters. The maximum Gasteiger partial charge on any atom is 0.275 e. The number of ether oxygens (including phenoxy) is 1. The topological polar surface area (TPSA) is 55.4 Å². The Morgan fingerprint density at radius 1 is 1.14 bits per heavy atom. The van der Waals surface area contributed by atoms with Gasteiger partial charge in [0.25, 0.3) is 11.6 Å². The average Bonchev–Trinajstić information content (AvgIpc) is 2.54.